The molecular formula is C20H38. The van der Waals surface area contributed by atoms with E-state index in [0.29, 0.717) is 0 Å². The summed E-state index contributed by atoms with van der Waals surface area (Å²) in [5, 5.41) is 0. The van der Waals surface area contributed by atoms with Gasteiger partial charge in [-0.2, -0.15) is 0 Å². The zero-order valence-corrected chi connectivity index (χ0v) is 13.9. The molecule has 0 atom stereocenters. The average Bonchev–Trinajstić information content (AvgIpc) is 2.46. The van der Waals surface area contributed by atoms with E-state index in [1.165, 1.54) is 116 Å². The van der Waals surface area contributed by atoms with E-state index in [9.17, 15) is 0 Å². The van der Waals surface area contributed by atoms with Gasteiger partial charge in [0.25, 0.3) is 0 Å². The summed E-state index contributed by atoms with van der Waals surface area (Å²) >= 11 is 0. The first-order valence-corrected chi connectivity index (χ1v) is 9.65. The summed E-state index contributed by atoms with van der Waals surface area (Å²) in [6.45, 7) is 0. The van der Waals surface area contributed by atoms with E-state index in [1.807, 2.05) is 0 Å². The second-order valence-electron chi connectivity index (χ2n) is 6.71. The second kappa shape index (κ2) is 15.1. The lowest BCUT2D eigenvalue weighted by Gasteiger charge is -2.04. The summed E-state index contributed by atoms with van der Waals surface area (Å²) < 4.78 is 0. The molecule has 0 spiro atoms. The Hall–Kier alpha value is -0.260. The van der Waals surface area contributed by atoms with Crippen LogP contribution in [-0.4, -0.2) is 0 Å². The Morgan fingerprint density at radius 2 is 0.450 bits per heavy atom. The molecule has 0 radical (unpaired) electrons. The molecule has 0 aromatic heterocycles. The molecule has 1 aliphatic carbocycles. The van der Waals surface area contributed by atoms with Crippen molar-refractivity contribution in [3.05, 3.63) is 12.2 Å². The van der Waals surface area contributed by atoms with Crippen LogP contribution in [0.15, 0.2) is 12.2 Å². The van der Waals surface area contributed by atoms with Crippen LogP contribution in [-0.2, 0) is 0 Å². The zero-order chi connectivity index (χ0) is 14.1. The minimum atomic E-state index is 1.32. The highest BCUT2D eigenvalue weighted by Gasteiger charge is 1.95. The molecular weight excluding hydrogens is 240 g/mol. The van der Waals surface area contributed by atoms with Gasteiger partial charge in [-0.1, -0.05) is 102 Å². The van der Waals surface area contributed by atoms with Crippen molar-refractivity contribution in [2.75, 3.05) is 0 Å². The van der Waals surface area contributed by atoms with Crippen LogP contribution in [0.2, 0.25) is 0 Å². The van der Waals surface area contributed by atoms with Gasteiger partial charge < -0.3 is 0 Å². The molecule has 0 aromatic rings. The van der Waals surface area contributed by atoms with Crippen molar-refractivity contribution in [1.29, 1.82) is 0 Å². The van der Waals surface area contributed by atoms with Crippen molar-refractivity contribution in [3.63, 3.8) is 0 Å². The maximum absolute atomic E-state index is 2.43. The minimum Gasteiger partial charge on any atom is -0.0885 e. The summed E-state index contributed by atoms with van der Waals surface area (Å²) in [4.78, 5) is 0. The van der Waals surface area contributed by atoms with E-state index >= 15 is 0 Å². The molecule has 0 N–H and O–H groups in total. The van der Waals surface area contributed by atoms with Crippen LogP contribution in [0.3, 0.4) is 0 Å². The first kappa shape index (κ1) is 17.8. The predicted octanol–water partition coefficient (Wildman–Crippen LogP) is 7.58. The molecule has 20 heavy (non-hydrogen) atoms. The number of rotatable bonds is 0. The number of hydrogen-bond donors (Lipinski definition) is 0. The van der Waals surface area contributed by atoms with Gasteiger partial charge in [-0.05, 0) is 25.7 Å². The zero-order valence-electron chi connectivity index (χ0n) is 13.9. The SMILES string of the molecule is C1=C/CCCCCCCCCCCCCCCCCC/1. The molecule has 0 heteroatoms. The monoisotopic (exact) mass is 278 g/mol. The van der Waals surface area contributed by atoms with Crippen molar-refractivity contribution >= 4 is 0 Å². The summed E-state index contributed by atoms with van der Waals surface area (Å²) in [5.41, 5.74) is 0. The van der Waals surface area contributed by atoms with Crippen LogP contribution in [0, 0.1) is 0 Å². The van der Waals surface area contributed by atoms with Crippen molar-refractivity contribution in [2.24, 2.45) is 0 Å². The summed E-state index contributed by atoms with van der Waals surface area (Å²) in [6, 6.07) is 0. The normalized spacial score (nSPS) is 24.8. The Kier molecular flexibility index (Phi) is 13.5. The molecule has 0 amide bonds. The Labute approximate surface area is 128 Å². The minimum absolute atomic E-state index is 1.32. The fourth-order valence-corrected chi connectivity index (χ4v) is 3.23. The van der Waals surface area contributed by atoms with E-state index in [-0.39, 0.29) is 0 Å². The average molecular weight is 279 g/mol. The van der Waals surface area contributed by atoms with Crippen LogP contribution in [0.4, 0.5) is 0 Å². The smallest absolute Gasteiger partial charge is 0.0351 e. The van der Waals surface area contributed by atoms with Crippen LogP contribution < -0.4 is 0 Å². The quantitative estimate of drug-likeness (QED) is 0.401. The third-order valence-electron chi connectivity index (χ3n) is 4.66. The predicted molar refractivity (Wildman–Crippen MR) is 92.2 cm³/mol. The van der Waals surface area contributed by atoms with Gasteiger partial charge in [0.05, 0.1) is 0 Å². The third-order valence-corrected chi connectivity index (χ3v) is 4.66. The van der Waals surface area contributed by atoms with Gasteiger partial charge >= 0.3 is 0 Å². The maximum Gasteiger partial charge on any atom is -0.0351 e. The first-order valence-electron chi connectivity index (χ1n) is 9.65. The number of hydrogen-bond acceptors (Lipinski definition) is 0. The van der Waals surface area contributed by atoms with E-state index < -0.39 is 0 Å². The van der Waals surface area contributed by atoms with E-state index in [4.69, 9.17) is 0 Å². The third kappa shape index (κ3) is 12.8. The lowest BCUT2D eigenvalue weighted by molar-refractivity contribution is 0.527. The molecule has 0 fully saturated rings. The highest BCUT2D eigenvalue weighted by molar-refractivity contribution is 4.81. The second-order valence-corrected chi connectivity index (χ2v) is 6.71. The molecule has 118 valence electrons. The highest BCUT2D eigenvalue weighted by atomic mass is 14.0. The fourth-order valence-electron chi connectivity index (χ4n) is 3.23. The lowest BCUT2D eigenvalue weighted by Crippen LogP contribution is -1.84. The van der Waals surface area contributed by atoms with Gasteiger partial charge in [0.15, 0.2) is 0 Å². The Morgan fingerprint density at radius 3 is 0.700 bits per heavy atom. The molecule has 0 saturated carbocycles. The van der Waals surface area contributed by atoms with Gasteiger partial charge in [-0.3, -0.25) is 0 Å². The van der Waals surface area contributed by atoms with Crippen LogP contribution in [0.1, 0.15) is 116 Å². The largest absolute Gasteiger partial charge is 0.0885 e. The van der Waals surface area contributed by atoms with Gasteiger partial charge in [0, 0.05) is 0 Å². The lowest BCUT2D eigenvalue weighted by atomic mass is 10.0. The fraction of sp³-hybridized carbons (Fsp3) is 0.900. The molecule has 0 saturated heterocycles. The highest BCUT2D eigenvalue weighted by Crippen LogP contribution is 2.15. The van der Waals surface area contributed by atoms with Crippen LogP contribution in [0.25, 0.3) is 0 Å². The standard InChI is InChI=1S/C20H38/c1-2-4-6-8-10-12-14-16-18-20-19-17-15-13-11-9-7-5-3-1/h1-2H,3-20H2/b2-1+. The van der Waals surface area contributed by atoms with Crippen LogP contribution >= 0.6 is 0 Å². The van der Waals surface area contributed by atoms with Crippen molar-refractivity contribution < 1.29 is 0 Å². The maximum atomic E-state index is 2.43. The summed E-state index contributed by atoms with van der Waals surface area (Å²) in [7, 11) is 0. The van der Waals surface area contributed by atoms with Gasteiger partial charge in [-0.25, -0.2) is 0 Å². The van der Waals surface area contributed by atoms with E-state index in [2.05, 4.69) is 12.2 Å². The summed E-state index contributed by atoms with van der Waals surface area (Å²) in [5.74, 6) is 0. The van der Waals surface area contributed by atoms with Crippen molar-refractivity contribution in [1.82, 2.24) is 0 Å². The Balaban J connectivity index is 2.06. The van der Waals surface area contributed by atoms with Crippen molar-refractivity contribution in [3.8, 4) is 0 Å². The molecule has 1 rings (SSSR count). The molecule has 0 aliphatic heterocycles. The van der Waals surface area contributed by atoms with Crippen LogP contribution in [0.5, 0.6) is 0 Å². The van der Waals surface area contributed by atoms with E-state index in [0.717, 1.165) is 0 Å². The molecule has 0 heterocycles. The van der Waals surface area contributed by atoms with E-state index in [1.54, 1.807) is 0 Å². The molecule has 1 aliphatic rings. The van der Waals surface area contributed by atoms with Gasteiger partial charge in [0.1, 0.15) is 0 Å². The number of allylic oxidation sites excluding steroid dienone is 2. The molecule has 0 aromatic carbocycles. The Morgan fingerprint density at radius 1 is 0.250 bits per heavy atom. The molecule has 0 nitrogen and oxygen atoms in total. The van der Waals surface area contributed by atoms with Crippen molar-refractivity contribution in [2.45, 2.75) is 116 Å². The summed E-state index contributed by atoms with van der Waals surface area (Å²) in [6.07, 6.45) is 31.0. The molecule has 0 unspecified atom stereocenters. The molecule has 0 bridgehead atoms. The van der Waals surface area contributed by atoms with Gasteiger partial charge in [-0.15, -0.1) is 0 Å². The Bertz CT molecular complexity index is 182. The topological polar surface area (TPSA) is 0 Å². The van der Waals surface area contributed by atoms with Gasteiger partial charge in [0.2, 0.25) is 0 Å². The first-order chi connectivity index (χ1) is 10.0.